The average Bonchev–Trinajstić information content (AvgIpc) is 2.31. The normalized spacial score (nSPS) is 11.9. The highest BCUT2D eigenvalue weighted by atomic mass is 16.5. The molecule has 1 rings (SSSR count). The largest absolute Gasteiger partial charge is 0.383 e. The van der Waals surface area contributed by atoms with Crippen molar-refractivity contribution in [2.45, 2.75) is 26.3 Å². The highest BCUT2D eigenvalue weighted by Crippen LogP contribution is 2.18. The first-order valence-corrected chi connectivity index (χ1v) is 5.47. The van der Waals surface area contributed by atoms with Gasteiger partial charge in [0.05, 0.1) is 18.2 Å². The molecule has 0 aromatic heterocycles. The molecule has 0 spiro atoms. The minimum atomic E-state index is 0.289. The first kappa shape index (κ1) is 12.5. The highest BCUT2D eigenvalue weighted by molar-refractivity contribution is 5.55. The Kier molecular flexibility index (Phi) is 4.81. The van der Waals surface area contributed by atoms with E-state index in [1.54, 1.807) is 7.11 Å². The highest BCUT2D eigenvalue weighted by Gasteiger charge is 2.07. The molecule has 0 heterocycles. The van der Waals surface area contributed by atoms with Crippen LogP contribution in [0, 0.1) is 18.3 Å². The van der Waals surface area contributed by atoms with Gasteiger partial charge in [0, 0.05) is 18.8 Å². The van der Waals surface area contributed by atoms with Crippen LogP contribution in [-0.2, 0) is 4.74 Å². The summed E-state index contributed by atoms with van der Waals surface area (Å²) < 4.78 is 5.14. The van der Waals surface area contributed by atoms with E-state index >= 15 is 0 Å². The predicted molar refractivity (Wildman–Crippen MR) is 65.5 cm³/mol. The van der Waals surface area contributed by atoms with E-state index in [1.807, 2.05) is 25.1 Å². The third-order valence-electron chi connectivity index (χ3n) is 2.59. The monoisotopic (exact) mass is 218 g/mol. The van der Waals surface area contributed by atoms with Gasteiger partial charge in [-0.3, -0.25) is 0 Å². The Balaban J connectivity index is 2.82. The maximum absolute atomic E-state index is 8.85. The van der Waals surface area contributed by atoms with Crippen LogP contribution in [0.2, 0.25) is 0 Å². The molecule has 0 saturated carbocycles. The van der Waals surface area contributed by atoms with Crippen molar-refractivity contribution >= 4 is 5.69 Å². The number of nitriles is 1. The van der Waals surface area contributed by atoms with E-state index in [4.69, 9.17) is 10.00 Å². The summed E-state index contributed by atoms with van der Waals surface area (Å²) >= 11 is 0. The van der Waals surface area contributed by atoms with Gasteiger partial charge >= 0.3 is 0 Å². The molecule has 3 nitrogen and oxygen atoms in total. The Morgan fingerprint density at radius 3 is 2.81 bits per heavy atom. The van der Waals surface area contributed by atoms with Crippen molar-refractivity contribution in [2.75, 3.05) is 19.0 Å². The van der Waals surface area contributed by atoms with Gasteiger partial charge in [0.2, 0.25) is 0 Å². The molecule has 1 unspecified atom stereocenters. The molecule has 0 fully saturated rings. The number of nitrogens with zero attached hydrogens (tertiary/aromatic N) is 1. The zero-order valence-corrected chi connectivity index (χ0v) is 10.1. The number of rotatable bonds is 5. The molecule has 1 aromatic rings. The molecule has 0 radical (unpaired) electrons. The van der Waals surface area contributed by atoms with Crippen LogP contribution >= 0.6 is 0 Å². The van der Waals surface area contributed by atoms with Crippen LogP contribution in [-0.4, -0.2) is 19.8 Å². The van der Waals surface area contributed by atoms with Crippen LogP contribution in [0.1, 0.15) is 24.5 Å². The Morgan fingerprint density at radius 1 is 1.50 bits per heavy atom. The Bertz CT molecular complexity index is 382. The molecular formula is C13H18N2O. The summed E-state index contributed by atoms with van der Waals surface area (Å²) in [5.41, 5.74) is 2.84. The zero-order valence-electron chi connectivity index (χ0n) is 10.1. The summed E-state index contributed by atoms with van der Waals surface area (Å²) in [6.07, 6.45) is 0.990. The van der Waals surface area contributed by atoms with E-state index in [9.17, 15) is 0 Å². The van der Waals surface area contributed by atoms with E-state index in [-0.39, 0.29) is 6.04 Å². The topological polar surface area (TPSA) is 45.0 Å². The molecule has 0 saturated heterocycles. The van der Waals surface area contributed by atoms with E-state index < -0.39 is 0 Å². The van der Waals surface area contributed by atoms with Gasteiger partial charge in [-0.05, 0) is 31.0 Å². The lowest BCUT2D eigenvalue weighted by Crippen LogP contribution is -2.24. The van der Waals surface area contributed by atoms with Crippen molar-refractivity contribution in [3.05, 3.63) is 29.3 Å². The number of anilines is 1. The fourth-order valence-corrected chi connectivity index (χ4v) is 1.53. The lowest BCUT2D eigenvalue weighted by Gasteiger charge is -2.19. The van der Waals surface area contributed by atoms with Crippen LogP contribution in [0.4, 0.5) is 5.69 Å². The molecule has 0 aliphatic carbocycles. The van der Waals surface area contributed by atoms with Crippen molar-refractivity contribution in [1.29, 1.82) is 5.26 Å². The molecule has 1 atom stereocenters. The molecule has 16 heavy (non-hydrogen) atoms. The SMILES string of the molecule is CCC(COC)Nc1cc(C#N)ccc1C. The second-order valence-electron chi connectivity index (χ2n) is 3.85. The van der Waals surface area contributed by atoms with Crippen LogP contribution in [0.3, 0.4) is 0 Å². The third kappa shape index (κ3) is 3.25. The number of hydrogen-bond acceptors (Lipinski definition) is 3. The van der Waals surface area contributed by atoms with Crippen molar-refractivity contribution in [1.82, 2.24) is 0 Å². The van der Waals surface area contributed by atoms with E-state index in [1.165, 1.54) is 0 Å². The van der Waals surface area contributed by atoms with Crippen LogP contribution in [0.25, 0.3) is 0 Å². The lowest BCUT2D eigenvalue weighted by atomic mass is 10.1. The van der Waals surface area contributed by atoms with Gasteiger partial charge in [0.1, 0.15) is 0 Å². The van der Waals surface area contributed by atoms with Gasteiger partial charge in [-0.1, -0.05) is 13.0 Å². The first-order valence-electron chi connectivity index (χ1n) is 5.47. The number of aryl methyl sites for hydroxylation is 1. The summed E-state index contributed by atoms with van der Waals surface area (Å²) in [5.74, 6) is 0. The minimum Gasteiger partial charge on any atom is -0.383 e. The third-order valence-corrected chi connectivity index (χ3v) is 2.59. The second kappa shape index (κ2) is 6.14. The van der Waals surface area contributed by atoms with Gasteiger partial charge in [-0.25, -0.2) is 0 Å². The molecule has 86 valence electrons. The fraction of sp³-hybridized carbons (Fsp3) is 0.462. The molecule has 1 aromatic carbocycles. The van der Waals surface area contributed by atoms with Gasteiger partial charge < -0.3 is 10.1 Å². The van der Waals surface area contributed by atoms with E-state index in [0.29, 0.717) is 12.2 Å². The van der Waals surface area contributed by atoms with Crippen LogP contribution < -0.4 is 5.32 Å². The zero-order chi connectivity index (χ0) is 12.0. The lowest BCUT2D eigenvalue weighted by molar-refractivity contribution is 0.184. The number of nitrogens with one attached hydrogen (secondary N) is 1. The quantitative estimate of drug-likeness (QED) is 0.826. The maximum atomic E-state index is 8.85. The molecule has 3 heteroatoms. The van der Waals surface area contributed by atoms with Crippen LogP contribution in [0.5, 0.6) is 0 Å². The van der Waals surface area contributed by atoms with E-state index in [2.05, 4.69) is 18.3 Å². The Morgan fingerprint density at radius 2 is 2.25 bits per heavy atom. The summed E-state index contributed by atoms with van der Waals surface area (Å²) in [6.45, 7) is 4.82. The van der Waals surface area contributed by atoms with Gasteiger partial charge in [-0.15, -0.1) is 0 Å². The maximum Gasteiger partial charge on any atom is 0.0992 e. The summed E-state index contributed by atoms with van der Waals surface area (Å²) in [6, 6.07) is 8.11. The number of ether oxygens (including phenoxy) is 1. The molecular weight excluding hydrogens is 200 g/mol. The van der Waals surface area contributed by atoms with Gasteiger partial charge in [0.25, 0.3) is 0 Å². The molecule has 0 bridgehead atoms. The standard InChI is InChI=1S/C13H18N2O/c1-4-12(9-16-3)15-13-7-11(8-14)6-5-10(13)2/h5-7,12,15H,4,9H2,1-3H3. The fourth-order valence-electron chi connectivity index (χ4n) is 1.53. The molecule has 0 amide bonds. The average molecular weight is 218 g/mol. The second-order valence-corrected chi connectivity index (χ2v) is 3.85. The van der Waals surface area contributed by atoms with Crippen molar-refractivity contribution < 1.29 is 4.74 Å². The van der Waals surface area contributed by atoms with Crippen molar-refractivity contribution in [3.8, 4) is 6.07 Å². The van der Waals surface area contributed by atoms with Crippen molar-refractivity contribution in [2.24, 2.45) is 0 Å². The smallest absolute Gasteiger partial charge is 0.0992 e. The van der Waals surface area contributed by atoms with Gasteiger partial charge in [0.15, 0.2) is 0 Å². The van der Waals surface area contributed by atoms with Gasteiger partial charge in [-0.2, -0.15) is 5.26 Å². The number of methoxy groups -OCH3 is 1. The summed E-state index contributed by atoms with van der Waals surface area (Å²) in [4.78, 5) is 0. The molecule has 1 N–H and O–H groups in total. The predicted octanol–water partition coefficient (Wildman–Crippen LogP) is 2.70. The number of benzene rings is 1. The Labute approximate surface area is 97.0 Å². The van der Waals surface area contributed by atoms with Crippen LogP contribution in [0.15, 0.2) is 18.2 Å². The summed E-state index contributed by atoms with van der Waals surface area (Å²) in [5, 5.41) is 12.2. The molecule has 0 aliphatic heterocycles. The van der Waals surface area contributed by atoms with E-state index in [0.717, 1.165) is 17.7 Å². The summed E-state index contributed by atoms with van der Waals surface area (Å²) in [7, 11) is 1.70. The Hall–Kier alpha value is -1.53. The molecule has 0 aliphatic rings. The first-order chi connectivity index (χ1) is 7.71. The number of hydrogen-bond donors (Lipinski definition) is 1. The minimum absolute atomic E-state index is 0.289. The van der Waals surface area contributed by atoms with Crippen molar-refractivity contribution in [3.63, 3.8) is 0 Å².